The third-order valence-corrected chi connectivity index (χ3v) is 6.69. The molecule has 2 N–H and O–H groups in total. The minimum absolute atomic E-state index is 0.0421. The Kier molecular flexibility index (Phi) is 6.53. The predicted octanol–water partition coefficient (Wildman–Crippen LogP) is 7.07. The molecule has 0 bridgehead atoms. The fourth-order valence-corrected chi connectivity index (χ4v) is 4.68. The number of phenols is 2. The first-order valence-electron chi connectivity index (χ1n) is 10.7. The predicted molar refractivity (Wildman–Crippen MR) is 131 cm³/mol. The van der Waals surface area contributed by atoms with Crippen LogP contribution in [0.5, 0.6) is 28.7 Å². The average Bonchev–Trinajstić information content (AvgIpc) is 2.82. The molecular formula is C27H25O6P. The molecular weight excluding hydrogens is 451 g/mol. The number of benzene rings is 4. The first-order chi connectivity index (χ1) is 16.2. The van der Waals surface area contributed by atoms with Gasteiger partial charge in [0.1, 0.15) is 17.2 Å². The van der Waals surface area contributed by atoms with Crippen LogP contribution >= 0.6 is 7.82 Å². The zero-order valence-corrected chi connectivity index (χ0v) is 19.7. The van der Waals surface area contributed by atoms with Crippen LogP contribution in [0.4, 0.5) is 0 Å². The summed E-state index contributed by atoms with van der Waals surface area (Å²) in [4.78, 5) is 0. The smallest absolute Gasteiger partial charge is 0.508 e. The van der Waals surface area contributed by atoms with Crippen molar-refractivity contribution in [1.29, 1.82) is 0 Å². The van der Waals surface area contributed by atoms with Gasteiger partial charge in [-0.15, -0.1) is 0 Å². The molecule has 0 unspecified atom stereocenters. The molecule has 0 atom stereocenters. The highest BCUT2D eigenvalue weighted by molar-refractivity contribution is 7.49. The summed E-state index contributed by atoms with van der Waals surface area (Å²) in [5.41, 5.74) is 1.22. The van der Waals surface area contributed by atoms with Crippen LogP contribution in [-0.4, -0.2) is 10.2 Å². The van der Waals surface area contributed by atoms with Gasteiger partial charge in [0, 0.05) is 5.41 Å². The van der Waals surface area contributed by atoms with Crippen molar-refractivity contribution in [2.75, 3.05) is 0 Å². The molecule has 0 saturated heterocycles. The Labute approximate surface area is 198 Å². The molecule has 4 aromatic rings. The molecule has 0 spiro atoms. The maximum Gasteiger partial charge on any atom is 0.647 e. The fourth-order valence-electron chi connectivity index (χ4n) is 3.42. The highest BCUT2D eigenvalue weighted by Crippen LogP contribution is 2.52. The van der Waals surface area contributed by atoms with Gasteiger partial charge in [-0.05, 0) is 59.7 Å². The molecule has 0 saturated carbocycles. The zero-order chi connectivity index (χ0) is 24.2. The van der Waals surface area contributed by atoms with E-state index in [9.17, 15) is 14.8 Å². The van der Waals surface area contributed by atoms with Crippen molar-refractivity contribution in [1.82, 2.24) is 0 Å². The molecule has 0 heterocycles. The van der Waals surface area contributed by atoms with Gasteiger partial charge in [0.25, 0.3) is 0 Å². The van der Waals surface area contributed by atoms with Gasteiger partial charge >= 0.3 is 7.82 Å². The lowest BCUT2D eigenvalue weighted by Crippen LogP contribution is -2.19. The SMILES string of the molecule is CC(C)(c1ccc(O)cc1)c1ccc(O)c(OP(=O)(Oc2ccccc2)Oc2ccccc2)c1. The van der Waals surface area contributed by atoms with E-state index >= 15 is 0 Å². The molecule has 0 radical (unpaired) electrons. The van der Waals surface area contributed by atoms with Crippen molar-refractivity contribution in [3.63, 3.8) is 0 Å². The van der Waals surface area contributed by atoms with Crippen molar-refractivity contribution in [3.8, 4) is 28.7 Å². The highest BCUT2D eigenvalue weighted by Gasteiger charge is 2.35. The van der Waals surface area contributed by atoms with Gasteiger partial charge in [-0.3, -0.25) is 0 Å². The Morgan fingerprint density at radius 2 is 1.15 bits per heavy atom. The Morgan fingerprint density at radius 1 is 0.647 bits per heavy atom. The van der Waals surface area contributed by atoms with Gasteiger partial charge in [0.05, 0.1) is 0 Å². The molecule has 174 valence electrons. The van der Waals surface area contributed by atoms with Crippen LogP contribution in [0.3, 0.4) is 0 Å². The van der Waals surface area contributed by atoms with E-state index in [-0.39, 0.29) is 17.2 Å². The van der Waals surface area contributed by atoms with Crippen LogP contribution in [0.25, 0.3) is 0 Å². The quantitative estimate of drug-likeness (QED) is 0.265. The van der Waals surface area contributed by atoms with Crippen LogP contribution in [-0.2, 0) is 9.98 Å². The lowest BCUT2D eigenvalue weighted by molar-refractivity contribution is 0.292. The molecule has 0 amide bonds. The van der Waals surface area contributed by atoms with E-state index in [0.717, 1.165) is 11.1 Å². The van der Waals surface area contributed by atoms with Gasteiger partial charge < -0.3 is 23.8 Å². The van der Waals surface area contributed by atoms with Gasteiger partial charge in [0.2, 0.25) is 0 Å². The topological polar surface area (TPSA) is 85.2 Å². The first kappa shape index (κ1) is 23.3. The van der Waals surface area contributed by atoms with E-state index < -0.39 is 13.2 Å². The van der Waals surface area contributed by atoms with Gasteiger partial charge in [-0.1, -0.05) is 68.4 Å². The van der Waals surface area contributed by atoms with Crippen molar-refractivity contribution in [2.45, 2.75) is 19.3 Å². The van der Waals surface area contributed by atoms with Crippen LogP contribution in [0.1, 0.15) is 25.0 Å². The summed E-state index contributed by atoms with van der Waals surface area (Å²) in [5.74, 6) is 0.508. The second kappa shape index (κ2) is 9.54. The van der Waals surface area contributed by atoms with Crippen LogP contribution in [0, 0.1) is 0 Å². The monoisotopic (exact) mass is 476 g/mol. The fraction of sp³-hybridized carbons (Fsp3) is 0.111. The minimum atomic E-state index is -4.26. The van der Waals surface area contributed by atoms with Crippen LogP contribution in [0.15, 0.2) is 103 Å². The summed E-state index contributed by atoms with van der Waals surface area (Å²) < 4.78 is 30.8. The Bertz CT molecular complexity index is 1240. The third kappa shape index (κ3) is 5.36. The molecule has 0 aromatic heterocycles. The molecule has 4 rings (SSSR count). The first-order valence-corrected chi connectivity index (χ1v) is 12.1. The van der Waals surface area contributed by atoms with Crippen molar-refractivity contribution in [3.05, 3.63) is 114 Å². The molecule has 0 fully saturated rings. The number of phosphoric acid groups is 1. The summed E-state index contributed by atoms with van der Waals surface area (Å²) in [6.07, 6.45) is 0. The van der Waals surface area contributed by atoms with Crippen molar-refractivity contribution < 1.29 is 28.3 Å². The number of para-hydroxylation sites is 2. The van der Waals surface area contributed by atoms with Crippen LogP contribution < -0.4 is 13.6 Å². The summed E-state index contributed by atoms with van der Waals surface area (Å²) in [7, 11) is -4.26. The maximum absolute atomic E-state index is 13.7. The molecule has 4 aromatic carbocycles. The summed E-state index contributed by atoms with van der Waals surface area (Å²) in [5, 5.41) is 20.1. The number of phosphoric ester groups is 1. The summed E-state index contributed by atoms with van der Waals surface area (Å²) in [6.45, 7) is 3.99. The van der Waals surface area contributed by atoms with Gasteiger partial charge in [0.15, 0.2) is 11.5 Å². The van der Waals surface area contributed by atoms with Crippen LogP contribution in [0.2, 0.25) is 0 Å². The lowest BCUT2D eigenvalue weighted by Gasteiger charge is -2.27. The number of rotatable bonds is 8. The Morgan fingerprint density at radius 3 is 1.68 bits per heavy atom. The van der Waals surface area contributed by atoms with E-state index in [1.54, 1.807) is 84.9 Å². The van der Waals surface area contributed by atoms with E-state index in [4.69, 9.17) is 13.6 Å². The normalized spacial score (nSPS) is 11.6. The average molecular weight is 476 g/mol. The Hall–Kier alpha value is -3.89. The third-order valence-electron chi connectivity index (χ3n) is 5.40. The highest BCUT2D eigenvalue weighted by atomic mass is 31.2. The largest absolute Gasteiger partial charge is 0.647 e. The molecule has 0 aliphatic carbocycles. The molecule has 6 nitrogen and oxygen atoms in total. The van der Waals surface area contributed by atoms with Crippen molar-refractivity contribution in [2.24, 2.45) is 0 Å². The maximum atomic E-state index is 13.7. The number of phenolic OH excluding ortho intramolecular Hbond substituents is 2. The van der Waals surface area contributed by atoms with Gasteiger partial charge in [-0.2, -0.15) is 4.57 Å². The number of aromatic hydroxyl groups is 2. The van der Waals surface area contributed by atoms with Gasteiger partial charge in [-0.25, -0.2) is 0 Å². The van der Waals surface area contributed by atoms with E-state index in [0.29, 0.717) is 11.5 Å². The number of hydrogen-bond donors (Lipinski definition) is 2. The summed E-state index contributed by atoms with van der Waals surface area (Å²) >= 11 is 0. The standard InChI is InChI=1S/C27H25O6P/c1-27(2,20-13-16-22(28)17-14-20)21-15-18-25(29)26(19-21)33-34(30,31-23-9-5-3-6-10-23)32-24-11-7-4-8-12-24/h3-19,28-29H,1-2H3. The molecule has 0 aliphatic rings. The molecule has 34 heavy (non-hydrogen) atoms. The Balaban J connectivity index is 1.69. The van der Waals surface area contributed by atoms with Crippen molar-refractivity contribution >= 4 is 7.82 Å². The zero-order valence-electron chi connectivity index (χ0n) is 18.8. The number of hydrogen-bond acceptors (Lipinski definition) is 6. The second-order valence-corrected chi connectivity index (χ2v) is 9.64. The second-order valence-electron chi connectivity index (χ2n) is 8.20. The van der Waals surface area contributed by atoms with E-state index in [1.165, 1.54) is 6.07 Å². The van der Waals surface area contributed by atoms with E-state index in [2.05, 4.69) is 0 Å². The summed E-state index contributed by atoms with van der Waals surface area (Å²) in [6, 6.07) is 28.8. The molecule has 0 aliphatic heterocycles. The molecule has 7 heteroatoms. The lowest BCUT2D eigenvalue weighted by atomic mass is 9.78. The minimum Gasteiger partial charge on any atom is -0.508 e. The van der Waals surface area contributed by atoms with E-state index in [1.807, 2.05) is 26.0 Å².